The maximum Gasteiger partial charge on any atom is 0.424 e. The number of hydrogen-bond acceptors (Lipinski definition) is 2. The van der Waals surface area contributed by atoms with Crippen LogP contribution in [0.25, 0.3) is 0 Å². The van der Waals surface area contributed by atoms with Crippen molar-refractivity contribution in [3.8, 4) is 0 Å². The Bertz CT molecular complexity index is 168. The van der Waals surface area contributed by atoms with Crippen LogP contribution in [0, 0.1) is 0 Å². The number of rotatable bonds is 1. The maximum absolute atomic E-state index is 11.5. The highest BCUT2D eigenvalue weighted by atomic mass is 19.4. The molecule has 0 aromatic rings. The van der Waals surface area contributed by atoms with E-state index in [1.807, 2.05) is 0 Å². The molecule has 6 heteroatoms. The smallest absolute Gasteiger partial charge is 0.424 e. The van der Waals surface area contributed by atoms with E-state index in [0.717, 1.165) is 0 Å². The van der Waals surface area contributed by atoms with Crippen molar-refractivity contribution in [2.75, 3.05) is 21.1 Å². The van der Waals surface area contributed by atoms with Crippen LogP contribution in [0.3, 0.4) is 0 Å². The summed E-state index contributed by atoms with van der Waals surface area (Å²) in [5.41, 5.74) is 0. The highest BCUT2D eigenvalue weighted by Crippen LogP contribution is 2.14. The molecule has 0 aromatic carbocycles. The van der Waals surface area contributed by atoms with E-state index in [1.165, 1.54) is 21.1 Å². The minimum atomic E-state index is -4.86. The molecule has 0 radical (unpaired) electrons. The minimum Gasteiger partial charge on any atom is -0.852 e. The van der Waals surface area contributed by atoms with Gasteiger partial charge in [0, 0.05) is 0 Å². The number of alkyl halides is 3. The molecule has 0 bridgehead atoms. The normalized spacial score (nSPS) is 15.3. The predicted molar refractivity (Wildman–Crippen MR) is 31.5 cm³/mol. The third kappa shape index (κ3) is 4.60. The molecule has 0 aliphatic carbocycles. The zero-order valence-electron chi connectivity index (χ0n) is 6.44. The number of nitrogens with zero attached hydrogens (tertiary/aromatic N) is 2. The molecule has 0 saturated heterocycles. The Morgan fingerprint density at radius 3 is 1.73 bits per heavy atom. The van der Waals surface area contributed by atoms with Crippen LogP contribution < -0.4 is 5.11 Å². The molecule has 0 N–H and O–H groups in total. The summed E-state index contributed by atoms with van der Waals surface area (Å²) in [4.78, 5) is 0. The van der Waals surface area contributed by atoms with Gasteiger partial charge in [0.25, 0.3) is 0 Å². The molecular weight excluding hydrogens is 161 g/mol. The zero-order valence-corrected chi connectivity index (χ0v) is 6.44. The van der Waals surface area contributed by atoms with E-state index in [2.05, 4.69) is 5.10 Å². The molecule has 3 nitrogen and oxygen atoms in total. The second-order valence-corrected chi connectivity index (χ2v) is 2.84. The number of hydrogen-bond donors (Lipinski definition) is 0. The van der Waals surface area contributed by atoms with E-state index >= 15 is 0 Å². The Labute approximate surface area is 62.3 Å². The third-order valence-electron chi connectivity index (χ3n) is 0.633. The van der Waals surface area contributed by atoms with Crippen LogP contribution in [0.15, 0.2) is 5.10 Å². The van der Waals surface area contributed by atoms with Crippen LogP contribution in [0.1, 0.15) is 0 Å². The molecule has 0 spiro atoms. The Hall–Kier alpha value is -0.780. The summed E-state index contributed by atoms with van der Waals surface area (Å²) in [6, 6.07) is 0. The second kappa shape index (κ2) is 2.69. The van der Waals surface area contributed by atoms with E-state index in [1.54, 1.807) is 0 Å². The SMILES string of the molecule is C[N+](C)(C)/N=C(\[O-])C(F)(F)F. The van der Waals surface area contributed by atoms with E-state index in [9.17, 15) is 18.3 Å². The van der Waals surface area contributed by atoms with Crippen LogP contribution >= 0.6 is 0 Å². The average Bonchev–Trinajstić information content (AvgIpc) is 1.56. The summed E-state index contributed by atoms with van der Waals surface area (Å²) in [6.07, 6.45) is -4.86. The summed E-state index contributed by atoms with van der Waals surface area (Å²) < 4.78 is 34.2. The van der Waals surface area contributed by atoms with E-state index in [4.69, 9.17) is 0 Å². The van der Waals surface area contributed by atoms with E-state index < -0.39 is 12.1 Å². The molecule has 0 aliphatic heterocycles. The highest BCUT2D eigenvalue weighted by molar-refractivity contribution is 5.76. The Kier molecular flexibility index (Phi) is 2.50. The fourth-order valence-corrected chi connectivity index (χ4v) is 0.329. The quantitative estimate of drug-likeness (QED) is 0.235. The van der Waals surface area contributed by atoms with Gasteiger partial charge in [-0.15, -0.1) is 0 Å². The van der Waals surface area contributed by atoms with Gasteiger partial charge in [0.05, 0.1) is 21.1 Å². The lowest BCUT2D eigenvalue weighted by Gasteiger charge is -2.21. The van der Waals surface area contributed by atoms with Crippen molar-refractivity contribution in [3.63, 3.8) is 0 Å². The van der Waals surface area contributed by atoms with Crippen molar-refractivity contribution < 1.29 is 22.9 Å². The third-order valence-corrected chi connectivity index (χ3v) is 0.633. The topological polar surface area (TPSA) is 35.4 Å². The van der Waals surface area contributed by atoms with Gasteiger partial charge in [0.15, 0.2) is 0 Å². The first-order chi connectivity index (χ1) is 4.63. The van der Waals surface area contributed by atoms with Gasteiger partial charge in [-0.3, -0.25) is 0 Å². The van der Waals surface area contributed by atoms with Gasteiger partial charge in [0.1, 0.15) is 5.90 Å². The lowest BCUT2D eigenvalue weighted by Crippen LogP contribution is -2.40. The molecule has 0 atom stereocenters. The van der Waals surface area contributed by atoms with Crippen molar-refractivity contribution in [2.24, 2.45) is 5.10 Å². The van der Waals surface area contributed by atoms with Crippen LogP contribution in [0.5, 0.6) is 0 Å². The van der Waals surface area contributed by atoms with Gasteiger partial charge in [-0.1, -0.05) is 5.10 Å². The molecule has 0 heterocycles. The first kappa shape index (κ1) is 10.2. The predicted octanol–water partition coefficient (Wildman–Crippen LogP) is -0.0713. The monoisotopic (exact) mass is 170 g/mol. The van der Waals surface area contributed by atoms with Gasteiger partial charge < -0.3 is 5.11 Å². The summed E-state index contributed by atoms with van der Waals surface area (Å²) >= 11 is 0. The second-order valence-electron chi connectivity index (χ2n) is 2.84. The lowest BCUT2D eigenvalue weighted by atomic mass is 10.6. The fourth-order valence-electron chi connectivity index (χ4n) is 0.329. The maximum atomic E-state index is 11.5. The molecular formula is C5H9F3N2O. The summed E-state index contributed by atoms with van der Waals surface area (Å²) in [5.74, 6) is -2.05. The Balaban J connectivity index is 4.49. The molecule has 11 heavy (non-hydrogen) atoms. The van der Waals surface area contributed by atoms with Crippen LogP contribution in [0.4, 0.5) is 13.2 Å². The fraction of sp³-hybridized carbons (Fsp3) is 0.800. The zero-order chi connectivity index (χ0) is 9.28. The van der Waals surface area contributed by atoms with Crippen molar-refractivity contribution >= 4 is 5.90 Å². The largest absolute Gasteiger partial charge is 0.852 e. The molecule has 0 aromatic heterocycles. The average molecular weight is 170 g/mol. The van der Waals surface area contributed by atoms with E-state index in [-0.39, 0.29) is 4.59 Å². The molecule has 0 rings (SSSR count). The number of quaternary nitrogens is 1. The molecule has 66 valence electrons. The highest BCUT2D eigenvalue weighted by Gasteiger charge is 2.30. The van der Waals surface area contributed by atoms with Crippen molar-refractivity contribution in [3.05, 3.63) is 0 Å². The minimum absolute atomic E-state index is 0.377. The molecule has 0 amide bonds. The summed E-state index contributed by atoms with van der Waals surface area (Å²) in [6.45, 7) is 0. The number of halogens is 3. The summed E-state index contributed by atoms with van der Waals surface area (Å²) in [7, 11) is 4.09. The van der Waals surface area contributed by atoms with Gasteiger partial charge in [-0.2, -0.15) is 13.2 Å². The van der Waals surface area contributed by atoms with Crippen molar-refractivity contribution in [2.45, 2.75) is 6.18 Å². The lowest BCUT2D eigenvalue weighted by molar-refractivity contribution is -0.878. The Morgan fingerprint density at radius 2 is 1.64 bits per heavy atom. The Morgan fingerprint density at radius 1 is 1.27 bits per heavy atom. The molecule has 0 aliphatic rings. The van der Waals surface area contributed by atoms with E-state index in [0.29, 0.717) is 0 Å². The molecule has 0 fully saturated rings. The van der Waals surface area contributed by atoms with Crippen LogP contribution in [-0.2, 0) is 0 Å². The van der Waals surface area contributed by atoms with Crippen molar-refractivity contribution in [1.29, 1.82) is 0 Å². The van der Waals surface area contributed by atoms with Gasteiger partial charge >= 0.3 is 6.18 Å². The molecule has 0 saturated carbocycles. The van der Waals surface area contributed by atoms with Gasteiger partial charge in [0.2, 0.25) is 0 Å². The first-order valence-corrected chi connectivity index (χ1v) is 2.79. The van der Waals surface area contributed by atoms with Crippen molar-refractivity contribution in [1.82, 2.24) is 0 Å². The summed E-state index contributed by atoms with van der Waals surface area (Å²) in [5, 5.41) is 13.0. The molecule has 0 unspecified atom stereocenters. The van der Waals surface area contributed by atoms with Crippen LogP contribution in [-0.4, -0.2) is 37.8 Å². The van der Waals surface area contributed by atoms with Gasteiger partial charge in [-0.05, 0) is 0 Å². The standard InChI is InChI=1S/C5H9F3N2O/c1-10(2,3)9-4(11)5(6,7)8/h1-3H3. The first-order valence-electron chi connectivity index (χ1n) is 2.79. The van der Waals surface area contributed by atoms with Crippen LogP contribution in [0.2, 0.25) is 0 Å². The van der Waals surface area contributed by atoms with Gasteiger partial charge in [-0.25, -0.2) is 4.59 Å².